The van der Waals surface area contributed by atoms with Gasteiger partial charge in [0.2, 0.25) is 5.43 Å². The summed E-state index contributed by atoms with van der Waals surface area (Å²) in [6.07, 6.45) is 6.12. The molecule has 0 spiro atoms. The Morgan fingerprint density at radius 1 is 1.16 bits per heavy atom. The van der Waals surface area contributed by atoms with Gasteiger partial charge in [-0.2, -0.15) is 5.10 Å². The number of fused-ring (bicyclic) bond motifs is 1. The summed E-state index contributed by atoms with van der Waals surface area (Å²) in [6, 6.07) is 9.05. The SMILES string of the molecule is CCc1ccc(-n2ccc(=O)c(C(=O)Nc3sc4c(c3C(=O)OC)CCCC4)n2)cc1. The number of carbonyl (C=O) groups excluding carboxylic acids is 2. The Hall–Kier alpha value is -3.26. The number of carbonyl (C=O) groups is 2. The molecule has 7 nitrogen and oxygen atoms in total. The molecule has 2 heterocycles. The number of hydrogen-bond donors (Lipinski definition) is 1. The van der Waals surface area contributed by atoms with Crippen LogP contribution in [0, 0.1) is 0 Å². The monoisotopic (exact) mass is 437 g/mol. The first kappa shape index (κ1) is 21.0. The van der Waals surface area contributed by atoms with Crippen molar-refractivity contribution in [3.05, 3.63) is 74.0 Å². The molecule has 0 unspecified atom stereocenters. The zero-order valence-corrected chi connectivity index (χ0v) is 18.3. The fourth-order valence-electron chi connectivity index (χ4n) is 3.73. The minimum atomic E-state index is -0.645. The highest BCUT2D eigenvalue weighted by Gasteiger charge is 2.27. The number of nitrogens with one attached hydrogen (secondary N) is 1. The molecular weight excluding hydrogens is 414 g/mol. The van der Waals surface area contributed by atoms with Crippen molar-refractivity contribution in [2.24, 2.45) is 0 Å². The van der Waals surface area contributed by atoms with Crippen molar-refractivity contribution in [3.8, 4) is 5.69 Å². The van der Waals surface area contributed by atoms with Gasteiger partial charge in [0.15, 0.2) is 5.69 Å². The van der Waals surface area contributed by atoms with Gasteiger partial charge in [-0.25, -0.2) is 9.48 Å². The summed E-state index contributed by atoms with van der Waals surface area (Å²) in [7, 11) is 1.32. The van der Waals surface area contributed by atoms with E-state index in [9.17, 15) is 14.4 Å². The van der Waals surface area contributed by atoms with E-state index in [1.807, 2.05) is 24.3 Å². The van der Waals surface area contributed by atoms with Gasteiger partial charge in [-0.3, -0.25) is 9.59 Å². The minimum Gasteiger partial charge on any atom is -0.465 e. The maximum atomic E-state index is 13.0. The van der Waals surface area contributed by atoms with Crippen molar-refractivity contribution in [3.63, 3.8) is 0 Å². The maximum absolute atomic E-state index is 13.0. The fraction of sp³-hybridized carbons (Fsp3) is 0.304. The highest BCUT2D eigenvalue weighted by atomic mass is 32.1. The van der Waals surface area contributed by atoms with Gasteiger partial charge in [-0.1, -0.05) is 19.1 Å². The van der Waals surface area contributed by atoms with Crippen molar-refractivity contribution in [1.29, 1.82) is 0 Å². The molecule has 0 atom stereocenters. The van der Waals surface area contributed by atoms with Gasteiger partial charge in [0.1, 0.15) is 5.00 Å². The second kappa shape index (κ2) is 8.85. The lowest BCUT2D eigenvalue weighted by Gasteiger charge is -2.12. The van der Waals surface area contributed by atoms with E-state index < -0.39 is 17.3 Å². The predicted molar refractivity (Wildman–Crippen MR) is 119 cm³/mol. The quantitative estimate of drug-likeness (QED) is 0.614. The average Bonchev–Trinajstić information content (AvgIpc) is 3.16. The molecule has 2 aromatic heterocycles. The van der Waals surface area contributed by atoms with E-state index in [4.69, 9.17) is 4.74 Å². The van der Waals surface area contributed by atoms with E-state index in [-0.39, 0.29) is 5.69 Å². The number of ether oxygens (including phenoxy) is 1. The van der Waals surface area contributed by atoms with Crippen LogP contribution in [-0.2, 0) is 24.0 Å². The van der Waals surface area contributed by atoms with Gasteiger partial charge in [-0.15, -0.1) is 11.3 Å². The van der Waals surface area contributed by atoms with Gasteiger partial charge in [0.25, 0.3) is 5.91 Å². The van der Waals surface area contributed by atoms with E-state index in [0.717, 1.165) is 48.2 Å². The Morgan fingerprint density at radius 3 is 2.61 bits per heavy atom. The van der Waals surface area contributed by atoms with E-state index in [1.165, 1.54) is 41.0 Å². The topological polar surface area (TPSA) is 90.3 Å². The molecule has 0 saturated carbocycles. The number of esters is 1. The Morgan fingerprint density at radius 2 is 1.90 bits per heavy atom. The molecule has 31 heavy (non-hydrogen) atoms. The standard InChI is InChI=1S/C23H23N3O4S/c1-3-14-8-10-15(11-9-14)26-13-12-17(27)20(25-26)21(28)24-22-19(23(29)30-2)16-6-4-5-7-18(16)31-22/h8-13H,3-7H2,1-2H3,(H,24,28). The first-order valence-corrected chi connectivity index (χ1v) is 11.1. The molecular formula is C23H23N3O4S. The molecule has 1 N–H and O–H groups in total. The zero-order chi connectivity index (χ0) is 22.0. The van der Waals surface area contributed by atoms with Crippen LogP contribution in [0.15, 0.2) is 41.3 Å². The first-order valence-electron chi connectivity index (χ1n) is 10.2. The summed E-state index contributed by atoms with van der Waals surface area (Å²) in [5.41, 5.74) is 2.53. The van der Waals surface area contributed by atoms with Crippen LogP contribution in [0.5, 0.6) is 0 Å². The Kier molecular flexibility index (Phi) is 5.99. The molecule has 0 saturated heterocycles. The molecule has 1 amide bonds. The van der Waals surface area contributed by atoms with Crippen LogP contribution in [0.2, 0.25) is 0 Å². The predicted octanol–water partition coefficient (Wildman–Crippen LogP) is 3.77. The molecule has 160 valence electrons. The fourth-order valence-corrected chi connectivity index (χ4v) is 5.00. The summed E-state index contributed by atoms with van der Waals surface area (Å²) in [5.74, 6) is -1.13. The van der Waals surface area contributed by atoms with Crippen molar-refractivity contribution >= 4 is 28.2 Å². The molecule has 1 aliphatic carbocycles. The highest BCUT2D eigenvalue weighted by molar-refractivity contribution is 7.17. The average molecular weight is 438 g/mol. The Labute approximate surface area is 183 Å². The number of hydrogen-bond acceptors (Lipinski definition) is 6. The Balaban J connectivity index is 1.67. The van der Waals surface area contributed by atoms with Gasteiger partial charge in [0, 0.05) is 17.1 Å². The highest BCUT2D eigenvalue weighted by Crippen LogP contribution is 2.38. The summed E-state index contributed by atoms with van der Waals surface area (Å²) in [6.45, 7) is 2.07. The van der Waals surface area contributed by atoms with Crippen molar-refractivity contribution < 1.29 is 14.3 Å². The van der Waals surface area contributed by atoms with Gasteiger partial charge in [-0.05, 0) is 55.4 Å². The number of methoxy groups -OCH3 is 1. The minimum absolute atomic E-state index is 0.232. The smallest absolute Gasteiger partial charge is 0.341 e. The van der Waals surface area contributed by atoms with E-state index in [0.29, 0.717) is 10.6 Å². The number of nitrogens with zero attached hydrogens (tertiary/aromatic N) is 2. The number of amides is 1. The largest absolute Gasteiger partial charge is 0.465 e. The number of thiophene rings is 1. The van der Waals surface area contributed by atoms with E-state index in [2.05, 4.69) is 17.3 Å². The lowest BCUT2D eigenvalue weighted by molar-refractivity contribution is 0.0601. The molecule has 0 radical (unpaired) electrons. The molecule has 4 rings (SSSR count). The van der Waals surface area contributed by atoms with Gasteiger partial charge >= 0.3 is 5.97 Å². The molecule has 1 aliphatic rings. The summed E-state index contributed by atoms with van der Waals surface area (Å²) in [4.78, 5) is 38.8. The number of aryl methyl sites for hydroxylation is 2. The molecule has 0 bridgehead atoms. The number of benzene rings is 1. The lowest BCUT2D eigenvalue weighted by atomic mass is 9.95. The molecule has 1 aromatic carbocycles. The maximum Gasteiger partial charge on any atom is 0.341 e. The molecule has 0 aliphatic heterocycles. The lowest BCUT2D eigenvalue weighted by Crippen LogP contribution is -2.26. The zero-order valence-electron chi connectivity index (χ0n) is 17.4. The Bertz CT molecular complexity index is 1190. The van der Waals surface area contributed by atoms with Crippen LogP contribution in [-0.4, -0.2) is 28.8 Å². The summed E-state index contributed by atoms with van der Waals surface area (Å²) < 4.78 is 6.44. The normalized spacial score (nSPS) is 12.8. The number of aromatic nitrogens is 2. The van der Waals surface area contributed by atoms with Crippen LogP contribution in [0.25, 0.3) is 5.69 Å². The third-order valence-electron chi connectivity index (χ3n) is 5.42. The number of anilines is 1. The summed E-state index contributed by atoms with van der Waals surface area (Å²) >= 11 is 1.37. The third kappa shape index (κ3) is 4.16. The van der Waals surface area contributed by atoms with Crippen molar-refractivity contribution in [1.82, 2.24) is 9.78 Å². The van der Waals surface area contributed by atoms with Crippen molar-refractivity contribution in [2.45, 2.75) is 39.0 Å². The second-order valence-corrected chi connectivity index (χ2v) is 8.46. The van der Waals surface area contributed by atoms with Crippen LogP contribution >= 0.6 is 11.3 Å². The van der Waals surface area contributed by atoms with Crippen LogP contribution in [0.3, 0.4) is 0 Å². The van der Waals surface area contributed by atoms with E-state index in [1.54, 1.807) is 0 Å². The number of rotatable bonds is 5. The van der Waals surface area contributed by atoms with E-state index >= 15 is 0 Å². The second-order valence-electron chi connectivity index (χ2n) is 7.35. The van der Waals surface area contributed by atoms with Gasteiger partial charge in [0.05, 0.1) is 18.4 Å². The van der Waals surface area contributed by atoms with Crippen LogP contribution < -0.4 is 10.7 Å². The van der Waals surface area contributed by atoms with Crippen LogP contribution in [0.1, 0.15) is 56.6 Å². The molecule has 0 fully saturated rings. The van der Waals surface area contributed by atoms with Gasteiger partial charge < -0.3 is 10.1 Å². The van der Waals surface area contributed by atoms with Crippen molar-refractivity contribution in [2.75, 3.05) is 12.4 Å². The summed E-state index contributed by atoms with van der Waals surface area (Å²) in [5, 5.41) is 7.40. The molecule has 8 heteroatoms. The third-order valence-corrected chi connectivity index (χ3v) is 6.63. The molecule has 3 aromatic rings. The van der Waals surface area contributed by atoms with Crippen LogP contribution in [0.4, 0.5) is 5.00 Å². The first-order chi connectivity index (χ1) is 15.0.